The van der Waals surface area contributed by atoms with Crippen LogP contribution in [0.3, 0.4) is 0 Å². The van der Waals surface area contributed by atoms with Gasteiger partial charge in [-0.25, -0.2) is 9.48 Å². The number of aromatic nitrogens is 4. The summed E-state index contributed by atoms with van der Waals surface area (Å²) in [5.74, 6) is -3.49. The van der Waals surface area contributed by atoms with Gasteiger partial charge in [0.05, 0.1) is 0 Å². The number of carbonyl (C=O) groups is 5. The molecule has 1 aromatic heterocycles. The molecule has 1 fully saturated rings. The highest BCUT2D eigenvalue weighted by Crippen LogP contribution is 2.41. The zero-order valence-corrected chi connectivity index (χ0v) is 21.6. The van der Waals surface area contributed by atoms with Crippen LogP contribution in [0, 0.1) is 0 Å². The number of aliphatic carboxylic acids is 2. The molecular formula is C21H20N8O8S2. The van der Waals surface area contributed by atoms with Crippen LogP contribution in [0.5, 0.6) is 0 Å². The largest absolute Gasteiger partial charge is 0.480 e. The number of benzene rings is 1. The first-order valence-electron chi connectivity index (χ1n) is 11.0. The summed E-state index contributed by atoms with van der Waals surface area (Å²) in [5, 5.41) is 38.0. The number of anilines is 1. The topological polar surface area (TPSA) is 218 Å². The zero-order chi connectivity index (χ0) is 28.1. The zero-order valence-electron chi connectivity index (χ0n) is 20.0. The SMILES string of the molecule is CON=C(C(=O)NC1C(=O)N2C(C(=O)O)=C(CSc3nnnn3CC(=O)O)CS[C@H]12)c1cccc(NC=O)c1. The predicted molar refractivity (Wildman–Crippen MR) is 136 cm³/mol. The smallest absolute Gasteiger partial charge is 0.352 e. The van der Waals surface area contributed by atoms with Gasteiger partial charge in [0.15, 0.2) is 5.71 Å². The van der Waals surface area contributed by atoms with Crippen molar-refractivity contribution in [2.24, 2.45) is 5.16 Å². The Balaban J connectivity index is 1.49. The highest BCUT2D eigenvalue weighted by Gasteiger charge is 2.54. The molecule has 0 bridgehead atoms. The quantitative estimate of drug-likeness (QED) is 0.0801. The van der Waals surface area contributed by atoms with Crippen LogP contribution in [-0.2, 0) is 35.4 Å². The van der Waals surface area contributed by atoms with Crippen molar-refractivity contribution in [1.82, 2.24) is 30.4 Å². The fraction of sp³-hybridized carbons (Fsp3) is 0.286. The van der Waals surface area contributed by atoms with Gasteiger partial charge in [-0.2, -0.15) is 0 Å². The number of rotatable bonds is 12. The Kier molecular flexibility index (Phi) is 8.45. The molecule has 18 heteroatoms. The molecule has 0 aliphatic carbocycles. The molecule has 2 aliphatic rings. The minimum absolute atomic E-state index is 0.0952. The molecule has 3 heterocycles. The van der Waals surface area contributed by atoms with E-state index in [1.807, 2.05) is 0 Å². The van der Waals surface area contributed by atoms with E-state index >= 15 is 0 Å². The molecule has 1 aromatic carbocycles. The maximum absolute atomic E-state index is 13.1. The number of nitrogens with zero attached hydrogens (tertiary/aromatic N) is 6. The molecule has 1 saturated heterocycles. The van der Waals surface area contributed by atoms with Crippen molar-refractivity contribution in [2.75, 3.05) is 23.9 Å². The number of fused-ring (bicyclic) bond motifs is 1. The van der Waals surface area contributed by atoms with E-state index < -0.39 is 41.7 Å². The van der Waals surface area contributed by atoms with Crippen molar-refractivity contribution in [1.29, 1.82) is 0 Å². The number of carboxylic acids is 2. The van der Waals surface area contributed by atoms with Gasteiger partial charge in [-0.15, -0.1) is 16.9 Å². The average molecular weight is 577 g/mol. The first-order valence-corrected chi connectivity index (χ1v) is 13.0. The maximum atomic E-state index is 13.1. The molecule has 0 radical (unpaired) electrons. The lowest BCUT2D eigenvalue weighted by Crippen LogP contribution is -2.71. The number of hydrogen-bond donors (Lipinski definition) is 4. The van der Waals surface area contributed by atoms with Gasteiger partial charge in [0.2, 0.25) is 11.6 Å². The summed E-state index contributed by atoms with van der Waals surface area (Å²) < 4.78 is 1.07. The number of carboxylic acid groups (broad SMARTS) is 2. The number of carbonyl (C=O) groups excluding carboxylic acids is 3. The Hall–Kier alpha value is -4.45. The Morgan fingerprint density at radius 1 is 1.33 bits per heavy atom. The van der Waals surface area contributed by atoms with Crippen LogP contribution in [0.2, 0.25) is 0 Å². The summed E-state index contributed by atoms with van der Waals surface area (Å²) in [7, 11) is 1.25. The van der Waals surface area contributed by atoms with E-state index in [-0.39, 0.29) is 28.1 Å². The number of hydrogen-bond acceptors (Lipinski definition) is 12. The molecule has 2 aliphatic heterocycles. The van der Waals surface area contributed by atoms with Gasteiger partial charge in [0.1, 0.15) is 30.8 Å². The van der Waals surface area contributed by atoms with Gasteiger partial charge in [-0.05, 0) is 28.1 Å². The number of nitrogens with one attached hydrogen (secondary N) is 2. The van der Waals surface area contributed by atoms with Crippen LogP contribution >= 0.6 is 23.5 Å². The third-order valence-electron chi connectivity index (χ3n) is 5.46. The molecule has 4 rings (SSSR count). The molecule has 1 unspecified atom stereocenters. The van der Waals surface area contributed by atoms with Crippen LogP contribution in [0.4, 0.5) is 5.69 Å². The van der Waals surface area contributed by atoms with Crippen molar-refractivity contribution >= 4 is 65.1 Å². The predicted octanol–water partition coefficient (Wildman–Crippen LogP) is -0.793. The van der Waals surface area contributed by atoms with Crippen molar-refractivity contribution in [3.05, 3.63) is 41.1 Å². The molecule has 2 aromatic rings. The fourth-order valence-corrected chi connectivity index (χ4v) is 6.19. The summed E-state index contributed by atoms with van der Waals surface area (Å²) in [6, 6.07) is 5.25. The van der Waals surface area contributed by atoms with Gasteiger partial charge in [-0.3, -0.25) is 24.1 Å². The second-order valence-corrected chi connectivity index (χ2v) is 9.93. The third kappa shape index (κ3) is 5.85. The van der Waals surface area contributed by atoms with E-state index in [0.29, 0.717) is 23.2 Å². The first-order chi connectivity index (χ1) is 18.7. The molecule has 204 valence electrons. The van der Waals surface area contributed by atoms with Crippen molar-refractivity contribution in [2.45, 2.75) is 23.1 Å². The maximum Gasteiger partial charge on any atom is 0.352 e. The van der Waals surface area contributed by atoms with Crippen LogP contribution in [-0.4, -0.2) is 101 Å². The third-order valence-corrected chi connectivity index (χ3v) is 7.84. The minimum Gasteiger partial charge on any atom is -0.480 e. The number of thioether (sulfide) groups is 2. The fourth-order valence-electron chi connectivity index (χ4n) is 3.82. The average Bonchev–Trinajstić information content (AvgIpc) is 3.34. The van der Waals surface area contributed by atoms with Crippen LogP contribution in [0.25, 0.3) is 0 Å². The highest BCUT2D eigenvalue weighted by atomic mass is 32.2. The monoisotopic (exact) mass is 576 g/mol. The molecular weight excluding hydrogens is 556 g/mol. The van der Waals surface area contributed by atoms with Crippen molar-refractivity contribution < 1.29 is 39.0 Å². The van der Waals surface area contributed by atoms with Gasteiger partial charge >= 0.3 is 11.9 Å². The summed E-state index contributed by atoms with van der Waals surface area (Å²) in [6.07, 6.45) is 0.479. The van der Waals surface area contributed by atoms with Crippen LogP contribution in [0.15, 0.2) is 45.8 Å². The summed E-state index contributed by atoms with van der Waals surface area (Å²) >= 11 is 2.30. The van der Waals surface area contributed by atoms with E-state index in [4.69, 9.17) is 9.94 Å². The van der Waals surface area contributed by atoms with E-state index in [9.17, 15) is 29.1 Å². The van der Waals surface area contributed by atoms with Gasteiger partial charge in [-0.1, -0.05) is 29.1 Å². The molecule has 0 saturated carbocycles. The second-order valence-electron chi connectivity index (χ2n) is 7.89. The number of β-lactam (4-membered cyclic amide) rings is 1. The molecule has 2 atom stereocenters. The van der Waals surface area contributed by atoms with Crippen LogP contribution < -0.4 is 10.6 Å². The summed E-state index contributed by atoms with van der Waals surface area (Å²) in [5.41, 5.74) is 0.780. The second kappa shape index (κ2) is 11.9. The normalized spacial score (nSPS) is 18.6. The van der Waals surface area contributed by atoms with Gasteiger partial charge < -0.3 is 25.7 Å². The Labute approximate surface area is 227 Å². The van der Waals surface area contributed by atoms with Gasteiger partial charge in [0.25, 0.3) is 11.8 Å². The number of tetrazole rings is 1. The molecule has 0 spiro atoms. The lowest BCUT2D eigenvalue weighted by molar-refractivity contribution is -0.150. The van der Waals surface area contributed by atoms with Gasteiger partial charge in [0, 0.05) is 22.8 Å². The van der Waals surface area contributed by atoms with Crippen molar-refractivity contribution in [3.8, 4) is 0 Å². The molecule has 3 amide bonds. The van der Waals surface area contributed by atoms with E-state index in [0.717, 1.165) is 21.3 Å². The summed E-state index contributed by atoms with van der Waals surface area (Å²) in [6.45, 7) is -0.463. The summed E-state index contributed by atoms with van der Waals surface area (Å²) in [4.78, 5) is 65.9. The Morgan fingerprint density at radius 2 is 2.13 bits per heavy atom. The number of amides is 3. The molecule has 4 N–H and O–H groups in total. The highest BCUT2D eigenvalue weighted by molar-refractivity contribution is 8.01. The van der Waals surface area contributed by atoms with E-state index in [1.54, 1.807) is 18.2 Å². The minimum atomic E-state index is -1.32. The Bertz CT molecular complexity index is 1390. The Morgan fingerprint density at radius 3 is 2.82 bits per heavy atom. The van der Waals surface area contributed by atoms with Crippen molar-refractivity contribution in [3.63, 3.8) is 0 Å². The lowest BCUT2D eigenvalue weighted by atomic mass is 10.0. The molecule has 39 heavy (non-hydrogen) atoms. The number of oxime groups is 1. The lowest BCUT2D eigenvalue weighted by Gasteiger charge is -2.49. The van der Waals surface area contributed by atoms with E-state index in [1.165, 1.54) is 24.9 Å². The molecule has 16 nitrogen and oxygen atoms in total. The van der Waals surface area contributed by atoms with E-state index in [2.05, 4.69) is 31.3 Å². The first kappa shape index (κ1) is 27.6. The standard InChI is InChI=1S/C21H20N8O8S2/c1-37-25-14(10-3-2-4-12(5-10)22-9-30)17(33)23-15-18(34)29-16(20(35)36)11(7-38-19(15)29)8-39-21-24-26-27-28(21)6-13(31)32/h2-5,9,15,19H,6-8H2,1H3,(H,22,30)(H,23,33)(H,31,32)(H,35,36)/t15?,19-/m1/s1. The van der Waals surface area contributed by atoms with Crippen LogP contribution in [0.1, 0.15) is 5.56 Å².